The summed E-state index contributed by atoms with van der Waals surface area (Å²) in [6, 6.07) is 11.6. The summed E-state index contributed by atoms with van der Waals surface area (Å²) >= 11 is 4.30. The van der Waals surface area contributed by atoms with E-state index >= 15 is 0 Å². The maximum Gasteiger partial charge on any atom is 0.239 e. The minimum absolute atomic E-state index is 0.127. The largest absolute Gasteiger partial charge is 0.325 e. The molecule has 0 radical (unpaired) electrons. The van der Waals surface area contributed by atoms with Crippen molar-refractivity contribution in [3.63, 3.8) is 0 Å². The quantitative estimate of drug-likeness (QED) is 0.575. The highest BCUT2D eigenvalue weighted by atomic mass is 32.2. The summed E-state index contributed by atoms with van der Waals surface area (Å²) in [6.07, 6.45) is 0. The lowest BCUT2D eigenvalue weighted by Gasteiger charge is -2.11. The van der Waals surface area contributed by atoms with Gasteiger partial charge in [0.25, 0.3) is 0 Å². The molecule has 0 aliphatic heterocycles. The Morgan fingerprint density at radius 1 is 1.15 bits per heavy atom. The molecule has 3 aromatic rings. The molecule has 0 fully saturated rings. The molecule has 140 valence electrons. The van der Waals surface area contributed by atoms with Crippen molar-refractivity contribution in [1.82, 2.24) is 4.98 Å². The lowest BCUT2D eigenvalue weighted by Crippen LogP contribution is -2.25. The second kappa shape index (κ2) is 9.16. The van der Waals surface area contributed by atoms with Crippen molar-refractivity contribution in [1.29, 1.82) is 0 Å². The fourth-order valence-electron chi connectivity index (χ4n) is 2.19. The second-order valence-corrected chi connectivity index (χ2v) is 9.01. The van der Waals surface area contributed by atoms with Crippen LogP contribution >= 0.6 is 34.4 Å². The molecule has 0 aliphatic rings. The fraction of sp³-hybridized carbons (Fsp3) is 0.211. The molecule has 1 atom stereocenters. The van der Waals surface area contributed by atoms with E-state index in [0.29, 0.717) is 5.13 Å². The summed E-state index contributed by atoms with van der Waals surface area (Å²) in [5.41, 5.74) is 2.76. The van der Waals surface area contributed by atoms with E-state index in [1.165, 1.54) is 23.1 Å². The van der Waals surface area contributed by atoms with Gasteiger partial charge >= 0.3 is 0 Å². The van der Waals surface area contributed by atoms with Crippen LogP contribution in [0.2, 0.25) is 0 Å². The maximum absolute atomic E-state index is 12.3. The van der Waals surface area contributed by atoms with Crippen LogP contribution in [0.3, 0.4) is 0 Å². The Morgan fingerprint density at radius 3 is 2.63 bits per heavy atom. The van der Waals surface area contributed by atoms with Gasteiger partial charge in [0.05, 0.1) is 21.6 Å². The molecular weight excluding hydrogens is 398 g/mol. The zero-order chi connectivity index (χ0) is 19.2. The summed E-state index contributed by atoms with van der Waals surface area (Å²) in [7, 11) is 0. The van der Waals surface area contributed by atoms with Gasteiger partial charge in [-0.1, -0.05) is 23.8 Å². The number of aromatic nitrogens is 1. The monoisotopic (exact) mass is 417 g/mol. The van der Waals surface area contributed by atoms with Gasteiger partial charge in [0.2, 0.25) is 11.8 Å². The number of carbonyl (C=O) groups is 2. The molecule has 1 aromatic carbocycles. The number of aryl methyl sites for hydroxylation is 1. The second-order valence-electron chi connectivity index (χ2n) is 5.87. The Bertz CT molecular complexity index is 905. The highest BCUT2D eigenvalue weighted by Gasteiger charge is 2.17. The van der Waals surface area contributed by atoms with E-state index < -0.39 is 0 Å². The Kier molecular flexibility index (Phi) is 6.65. The normalized spacial score (nSPS) is 11.8. The van der Waals surface area contributed by atoms with Crippen molar-refractivity contribution in [3.05, 3.63) is 52.7 Å². The minimum atomic E-state index is -0.358. The molecule has 0 bridgehead atoms. The van der Waals surface area contributed by atoms with E-state index in [-0.39, 0.29) is 22.8 Å². The first kappa shape index (κ1) is 19.6. The number of rotatable bonds is 7. The molecule has 27 heavy (non-hydrogen) atoms. The molecule has 2 heterocycles. The van der Waals surface area contributed by atoms with Crippen LogP contribution in [0.1, 0.15) is 12.5 Å². The number of nitrogens with one attached hydrogen (secondary N) is 2. The number of amides is 2. The van der Waals surface area contributed by atoms with E-state index in [9.17, 15) is 9.59 Å². The van der Waals surface area contributed by atoms with Gasteiger partial charge in [0.1, 0.15) is 0 Å². The Morgan fingerprint density at radius 2 is 1.93 bits per heavy atom. The third-order valence-electron chi connectivity index (χ3n) is 3.68. The zero-order valence-electron chi connectivity index (χ0n) is 14.9. The molecule has 0 spiro atoms. The molecule has 0 aliphatic carbocycles. The molecule has 5 nitrogen and oxygen atoms in total. The summed E-state index contributed by atoms with van der Waals surface area (Å²) in [4.78, 5) is 29.9. The van der Waals surface area contributed by atoms with Crippen molar-refractivity contribution in [2.45, 2.75) is 19.1 Å². The third-order valence-corrected chi connectivity index (χ3v) is 6.47. The van der Waals surface area contributed by atoms with Gasteiger partial charge in [-0.3, -0.25) is 9.59 Å². The SMILES string of the molecule is Cc1ccc(NC(=O)CSC(C)C(=O)Nc2nc(-c3cccs3)cs2)cc1. The van der Waals surface area contributed by atoms with Crippen LogP contribution in [0.25, 0.3) is 10.6 Å². The van der Waals surface area contributed by atoms with Crippen LogP contribution in [-0.4, -0.2) is 27.8 Å². The maximum atomic E-state index is 12.3. The first-order valence-electron chi connectivity index (χ1n) is 8.29. The summed E-state index contributed by atoms with van der Waals surface area (Å²) in [5, 5.41) is 9.78. The van der Waals surface area contributed by atoms with Crippen molar-refractivity contribution < 1.29 is 9.59 Å². The number of carbonyl (C=O) groups excluding carboxylic acids is 2. The molecule has 2 aromatic heterocycles. The topological polar surface area (TPSA) is 71.1 Å². The van der Waals surface area contributed by atoms with E-state index in [1.807, 2.05) is 54.1 Å². The van der Waals surface area contributed by atoms with Gasteiger partial charge in [-0.05, 0) is 37.4 Å². The van der Waals surface area contributed by atoms with Crippen LogP contribution in [0, 0.1) is 6.92 Å². The predicted octanol–water partition coefficient (Wildman–Crippen LogP) is 4.88. The molecule has 8 heteroatoms. The number of nitrogens with zero attached hydrogens (tertiary/aromatic N) is 1. The molecule has 0 saturated heterocycles. The number of hydrogen-bond acceptors (Lipinski definition) is 6. The van der Waals surface area contributed by atoms with E-state index in [2.05, 4.69) is 15.6 Å². The van der Waals surface area contributed by atoms with Crippen molar-refractivity contribution in [2.75, 3.05) is 16.4 Å². The number of thiazole rings is 1. The third kappa shape index (κ3) is 5.66. The first-order valence-corrected chi connectivity index (χ1v) is 11.1. The lowest BCUT2D eigenvalue weighted by molar-refractivity contribution is -0.115. The molecule has 1 unspecified atom stereocenters. The number of hydrogen-bond donors (Lipinski definition) is 2. The minimum Gasteiger partial charge on any atom is -0.325 e. The Balaban J connectivity index is 1.46. The Labute approximate surface area is 170 Å². The fourth-order valence-corrected chi connectivity index (χ4v) is 4.34. The van der Waals surface area contributed by atoms with Gasteiger partial charge in [0.15, 0.2) is 5.13 Å². The molecule has 2 amide bonds. The van der Waals surface area contributed by atoms with Crippen LogP contribution in [0.5, 0.6) is 0 Å². The number of benzene rings is 1. The number of thiophene rings is 1. The van der Waals surface area contributed by atoms with Crippen molar-refractivity contribution in [2.24, 2.45) is 0 Å². The highest BCUT2D eigenvalue weighted by molar-refractivity contribution is 8.01. The van der Waals surface area contributed by atoms with Crippen LogP contribution in [0.4, 0.5) is 10.8 Å². The molecule has 2 N–H and O–H groups in total. The van der Waals surface area contributed by atoms with Gasteiger partial charge in [-0.25, -0.2) is 4.98 Å². The van der Waals surface area contributed by atoms with Crippen LogP contribution in [0.15, 0.2) is 47.2 Å². The standard InChI is InChI=1S/C19H19N3O2S3/c1-12-5-7-14(8-6-12)20-17(23)11-26-13(2)18(24)22-19-21-15(10-27-19)16-4-3-9-25-16/h3-10,13H,11H2,1-2H3,(H,20,23)(H,21,22,24). The predicted molar refractivity (Wildman–Crippen MR) is 116 cm³/mol. The summed E-state index contributed by atoms with van der Waals surface area (Å²) in [5.74, 6) is -0.0752. The van der Waals surface area contributed by atoms with Crippen molar-refractivity contribution >= 4 is 57.1 Å². The summed E-state index contributed by atoms with van der Waals surface area (Å²) in [6.45, 7) is 3.78. The molecule has 0 saturated carbocycles. The Hall–Kier alpha value is -2.16. The number of thioether (sulfide) groups is 1. The van der Waals surface area contributed by atoms with E-state index in [1.54, 1.807) is 18.3 Å². The smallest absolute Gasteiger partial charge is 0.239 e. The highest BCUT2D eigenvalue weighted by Crippen LogP contribution is 2.28. The average Bonchev–Trinajstić information content (AvgIpc) is 3.33. The first-order chi connectivity index (χ1) is 13.0. The van der Waals surface area contributed by atoms with E-state index in [4.69, 9.17) is 0 Å². The zero-order valence-corrected chi connectivity index (χ0v) is 17.3. The van der Waals surface area contributed by atoms with Crippen molar-refractivity contribution in [3.8, 4) is 10.6 Å². The van der Waals surface area contributed by atoms with Crippen LogP contribution in [-0.2, 0) is 9.59 Å². The number of anilines is 2. The lowest BCUT2D eigenvalue weighted by atomic mass is 10.2. The average molecular weight is 418 g/mol. The summed E-state index contributed by atoms with van der Waals surface area (Å²) < 4.78 is 0. The van der Waals surface area contributed by atoms with Crippen LogP contribution < -0.4 is 10.6 Å². The van der Waals surface area contributed by atoms with Gasteiger partial charge in [0, 0.05) is 11.1 Å². The van der Waals surface area contributed by atoms with Gasteiger partial charge < -0.3 is 10.6 Å². The van der Waals surface area contributed by atoms with Gasteiger partial charge in [-0.2, -0.15) is 0 Å². The molecule has 3 rings (SSSR count). The molecular formula is C19H19N3O2S3. The van der Waals surface area contributed by atoms with Gasteiger partial charge in [-0.15, -0.1) is 34.4 Å². The van der Waals surface area contributed by atoms with E-state index in [0.717, 1.165) is 21.8 Å².